The lowest BCUT2D eigenvalue weighted by Gasteiger charge is -2.13. The van der Waals surface area contributed by atoms with Crippen LogP contribution in [-0.2, 0) is 24.4 Å². The van der Waals surface area contributed by atoms with Crippen LogP contribution in [0.3, 0.4) is 0 Å². The molecule has 4 rings (SSSR count). The van der Waals surface area contributed by atoms with Gasteiger partial charge in [-0.2, -0.15) is 4.98 Å². The molecule has 7 nitrogen and oxygen atoms in total. The average Bonchev–Trinajstić information content (AvgIpc) is 3.36. The molecule has 4 aromatic rings. The van der Waals surface area contributed by atoms with Crippen LogP contribution in [0.25, 0.3) is 11.4 Å². The number of aromatic nitrogens is 2. The molecular formula is C27H26FN3O4. The maximum atomic E-state index is 13.5. The van der Waals surface area contributed by atoms with Gasteiger partial charge in [0.1, 0.15) is 12.4 Å². The van der Waals surface area contributed by atoms with Crippen LogP contribution in [0.5, 0.6) is 11.5 Å². The number of methoxy groups -OCH3 is 1. The van der Waals surface area contributed by atoms with Crippen LogP contribution in [0.4, 0.5) is 4.39 Å². The Bertz CT molecular complexity index is 1290. The lowest BCUT2D eigenvalue weighted by atomic mass is 10.1. The number of aryl methyl sites for hydroxylation is 2. The molecule has 8 heteroatoms. The lowest BCUT2D eigenvalue weighted by molar-refractivity contribution is -0.121. The Morgan fingerprint density at radius 2 is 1.86 bits per heavy atom. The lowest BCUT2D eigenvalue weighted by Crippen LogP contribution is -2.23. The van der Waals surface area contributed by atoms with Gasteiger partial charge in [0.25, 0.3) is 0 Å². The first-order valence-electron chi connectivity index (χ1n) is 11.2. The summed E-state index contributed by atoms with van der Waals surface area (Å²) in [6.45, 7) is 2.45. The van der Waals surface area contributed by atoms with Crippen molar-refractivity contribution >= 4 is 5.91 Å². The Morgan fingerprint density at radius 1 is 1.03 bits per heavy atom. The summed E-state index contributed by atoms with van der Waals surface area (Å²) < 4.78 is 30.0. The van der Waals surface area contributed by atoms with Gasteiger partial charge in [0.15, 0.2) is 11.5 Å². The van der Waals surface area contributed by atoms with Gasteiger partial charge in [0, 0.05) is 24.9 Å². The fourth-order valence-electron chi connectivity index (χ4n) is 3.44. The van der Waals surface area contributed by atoms with Gasteiger partial charge >= 0.3 is 0 Å². The molecule has 3 aromatic carbocycles. The molecule has 0 bridgehead atoms. The molecule has 0 aliphatic carbocycles. The number of halogens is 1. The van der Waals surface area contributed by atoms with Gasteiger partial charge in [-0.05, 0) is 53.9 Å². The third-order valence-corrected chi connectivity index (χ3v) is 5.41. The summed E-state index contributed by atoms with van der Waals surface area (Å²) in [6, 6.07) is 20.1. The summed E-state index contributed by atoms with van der Waals surface area (Å²) in [5.41, 5.74) is 3.11. The minimum Gasteiger partial charge on any atom is -0.493 e. The normalized spacial score (nSPS) is 10.7. The average molecular weight is 476 g/mol. The molecular weight excluding hydrogens is 449 g/mol. The molecule has 1 heterocycles. The van der Waals surface area contributed by atoms with Crippen LogP contribution in [-0.4, -0.2) is 23.2 Å². The molecule has 0 saturated heterocycles. The van der Waals surface area contributed by atoms with E-state index >= 15 is 0 Å². The van der Waals surface area contributed by atoms with E-state index < -0.39 is 0 Å². The number of carbonyl (C=O) groups excluding carboxylic acids is 1. The zero-order valence-corrected chi connectivity index (χ0v) is 19.6. The zero-order valence-electron chi connectivity index (χ0n) is 19.6. The third-order valence-electron chi connectivity index (χ3n) is 5.41. The van der Waals surface area contributed by atoms with Gasteiger partial charge in [-0.15, -0.1) is 0 Å². The van der Waals surface area contributed by atoms with Crippen molar-refractivity contribution in [2.24, 2.45) is 0 Å². The van der Waals surface area contributed by atoms with Gasteiger partial charge in [-0.25, -0.2) is 4.39 Å². The predicted octanol–water partition coefficient (Wildman–Crippen LogP) is 5.02. The largest absolute Gasteiger partial charge is 0.493 e. The van der Waals surface area contributed by atoms with Crippen LogP contribution < -0.4 is 14.8 Å². The first-order chi connectivity index (χ1) is 17.0. The molecule has 180 valence electrons. The predicted molar refractivity (Wildman–Crippen MR) is 128 cm³/mol. The van der Waals surface area contributed by atoms with Crippen LogP contribution in [0, 0.1) is 12.7 Å². The Labute approximate surface area is 202 Å². The van der Waals surface area contributed by atoms with Gasteiger partial charge < -0.3 is 19.3 Å². The van der Waals surface area contributed by atoms with Crippen LogP contribution >= 0.6 is 0 Å². The fourth-order valence-corrected chi connectivity index (χ4v) is 3.44. The quantitative estimate of drug-likeness (QED) is 0.347. The summed E-state index contributed by atoms with van der Waals surface area (Å²) in [5.74, 6) is 1.51. The number of rotatable bonds is 10. The number of benzene rings is 3. The topological polar surface area (TPSA) is 86.5 Å². The monoisotopic (exact) mass is 475 g/mol. The van der Waals surface area contributed by atoms with Crippen LogP contribution in [0.15, 0.2) is 71.3 Å². The third kappa shape index (κ3) is 6.44. The smallest absolute Gasteiger partial charge is 0.227 e. The number of nitrogens with one attached hydrogen (secondary N) is 1. The van der Waals surface area contributed by atoms with E-state index in [0.717, 1.165) is 11.1 Å². The van der Waals surface area contributed by atoms with Crippen LogP contribution in [0.1, 0.15) is 29.0 Å². The molecule has 0 fully saturated rings. The number of carbonyl (C=O) groups is 1. The second-order valence-electron chi connectivity index (χ2n) is 8.01. The minimum atomic E-state index is -0.291. The van der Waals surface area contributed by atoms with Crippen molar-refractivity contribution in [3.8, 4) is 22.9 Å². The molecule has 0 aliphatic heterocycles. The second-order valence-corrected chi connectivity index (χ2v) is 8.01. The van der Waals surface area contributed by atoms with Crippen molar-refractivity contribution in [2.75, 3.05) is 7.11 Å². The van der Waals surface area contributed by atoms with E-state index in [2.05, 4.69) is 15.5 Å². The number of amides is 1. The van der Waals surface area contributed by atoms with Crippen molar-refractivity contribution in [1.29, 1.82) is 0 Å². The van der Waals surface area contributed by atoms with Crippen LogP contribution in [0.2, 0.25) is 0 Å². The van der Waals surface area contributed by atoms with Crippen molar-refractivity contribution in [3.05, 3.63) is 95.1 Å². The molecule has 0 aliphatic rings. The number of hydrogen-bond acceptors (Lipinski definition) is 6. The Morgan fingerprint density at radius 3 is 2.63 bits per heavy atom. The summed E-state index contributed by atoms with van der Waals surface area (Å²) in [4.78, 5) is 16.6. The van der Waals surface area contributed by atoms with Gasteiger partial charge in [-0.1, -0.05) is 41.6 Å². The van der Waals surface area contributed by atoms with E-state index in [-0.39, 0.29) is 18.1 Å². The molecule has 0 saturated carbocycles. The highest BCUT2D eigenvalue weighted by molar-refractivity contribution is 5.76. The number of nitrogens with zero attached hydrogens (tertiary/aromatic N) is 2. The highest BCUT2D eigenvalue weighted by atomic mass is 19.1. The summed E-state index contributed by atoms with van der Waals surface area (Å²) >= 11 is 0. The highest BCUT2D eigenvalue weighted by Crippen LogP contribution is 2.29. The van der Waals surface area contributed by atoms with Crippen molar-refractivity contribution < 1.29 is 23.2 Å². The molecule has 0 atom stereocenters. The minimum absolute atomic E-state index is 0.147. The summed E-state index contributed by atoms with van der Waals surface area (Å²) in [7, 11) is 1.58. The molecule has 35 heavy (non-hydrogen) atoms. The van der Waals surface area contributed by atoms with E-state index in [0.29, 0.717) is 53.9 Å². The highest BCUT2D eigenvalue weighted by Gasteiger charge is 2.12. The Kier molecular flexibility index (Phi) is 7.72. The van der Waals surface area contributed by atoms with Gasteiger partial charge in [0.05, 0.1) is 7.11 Å². The second kappa shape index (κ2) is 11.3. The Balaban J connectivity index is 1.27. The molecule has 1 amide bonds. The molecule has 0 radical (unpaired) electrons. The van der Waals surface area contributed by atoms with Crippen molar-refractivity contribution in [1.82, 2.24) is 15.5 Å². The van der Waals surface area contributed by atoms with E-state index in [1.54, 1.807) is 26.2 Å². The zero-order chi connectivity index (χ0) is 24.6. The molecule has 0 spiro atoms. The first kappa shape index (κ1) is 23.9. The number of hydrogen-bond donors (Lipinski definition) is 1. The van der Waals surface area contributed by atoms with Gasteiger partial charge in [-0.3, -0.25) is 4.79 Å². The van der Waals surface area contributed by atoms with E-state index in [9.17, 15) is 9.18 Å². The molecule has 0 unspecified atom stereocenters. The van der Waals surface area contributed by atoms with Crippen molar-refractivity contribution in [3.63, 3.8) is 0 Å². The van der Waals surface area contributed by atoms with Crippen molar-refractivity contribution in [2.45, 2.75) is 32.9 Å². The summed E-state index contributed by atoms with van der Waals surface area (Å²) in [5, 5.41) is 6.81. The fraction of sp³-hybridized carbons (Fsp3) is 0.222. The first-order valence-corrected chi connectivity index (χ1v) is 11.2. The van der Waals surface area contributed by atoms with E-state index in [4.69, 9.17) is 14.0 Å². The maximum absolute atomic E-state index is 13.5. The standard InChI is InChI=1S/C27H26FN3O4/c1-18-14-21(9-10-22(18)28)27-30-26(35-31-27)13-12-25(32)29-16-20-8-11-23(24(15-20)33-2)34-17-19-6-4-3-5-7-19/h3-11,14-15H,12-13,16-17H2,1-2H3,(H,29,32). The summed E-state index contributed by atoms with van der Waals surface area (Å²) in [6.07, 6.45) is 0.494. The molecule has 1 N–H and O–H groups in total. The molecule has 1 aromatic heterocycles. The number of ether oxygens (including phenoxy) is 2. The van der Waals surface area contributed by atoms with E-state index in [1.807, 2.05) is 48.5 Å². The Hall–Kier alpha value is -4.20. The maximum Gasteiger partial charge on any atom is 0.227 e. The SMILES string of the molecule is COc1cc(CNC(=O)CCc2nc(-c3ccc(F)c(C)c3)no2)ccc1OCc1ccccc1. The van der Waals surface area contributed by atoms with Gasteiger partial charge in [0.2, 0.25) is 17.6 Å². The van der Waals surface area contributed by atoms with E-state index in [1.165, 1.54) is 6.07 Å².